The number of amides is 1. The zero-order chi connectivity index (χ0) is 16.4. The Balaban J connectivity index is 1.79. The summed E-state index contributed by atoms with van der Waals surface area (Å²) in [5, 5.41) is 0. The lowest BCUT2D eigenvalue weighted by Crippen LogP contribution is -2.61. The Morgan fingerprint density at radius 2 is 2.13 bits per heavy atom. The Labute approximate surface area is 137 Å². The van der Waals surface area contributed by atoms with Crippen molar-refractivity contribution >= 4 is 11.7 Å². The molecule has 0 aromatic heterocycles. The molecule has 0 radical (unpaired) electrons. The second-order valence-corrected chi connectivity index (χ2v) is 7.83. The number of fused-ring (bicyclic) bond motifs is 4. The zero-order valence-corrected chi connectivity index (χ0v) is 13.8. The highest BCUT2D eigenvalue weighted by molar-refractivity contribution is 6.05. The number of rotatable bonds is 3. The third-order valence-electron chi connectivity index (χ3n) is 6.43. The van der Waals surface area contributed by atoms with Crippen LogP contribution in [0.1, 0.15) is 59.4 Å². The van der Waals surface area contributed by atoms with E-state index in [1.54, 1.807) is 6.07 Å². The normalized spacial score (nSPS) is 33.4. The molecule has 4 rings (SSSR count). The number of nitrogens with zero attached hydrogens (tertiary/aromatic N) is 1. The molecular formula is C19H24N2O2. The number of likely N-dealkylation sites (tertiary alicyclic amines) is 1. The number of primary amides is 1. The third-order valence-corrected chi connectivity index (χ3v) is 6.43. The molecule has 1 saturated carbocycles. The Morgan fingerprint density at radius 1 is 1.39 bits per heavy atom. The number of Topliss-reactive ketones (excluding diaryl/α,β-unsaturated/α-hetero) is 1. The van der Waals surface area contributed by atoms with Gasteiger partial charge in [-0.3, -0.25) is 14.5 Å². The molecule has 1 aliphatic heterocycles. The zero-order valence-electron chi connectivity index (χ0n) is 13.8. The van der Waals surface area contributed by atoms with Gasteiger partial charge in [-0.05, 0) is 60.8 Å². The lowest BCUT2D eigenvalue weighted by molar-refractivity contribution is 0.0265. The molecular weight excluding hydrogens is 288 g/mol. The molecule has 0 spiro atoms. The fourth-order valence-corrected chi connectivity index (χ4v) is 4.56. The molecule has 23 heavy (non-hydrogen) atoms. The summed E-state index contributed by atoms with van der Waals surface area (Å²) in [6, 6.07) is 5.36. The van der Waals surface area contributed by atoms with E-state index < -0.39 is 5.91 Å². The molecule has 0 unspecified atom stereocenters. The van der Waals surface area contributed by atoms with Crippen LogP contribution in [0.2, 0.25) is 0 Å². The number of benzene rings is 1. The SMILES string of the molecule is C[C@H]1[C@H]2C(=O)c3ccc(C(N)=O)cc3[C@]1(C)CCN2CC1CC1. The summed E-state index contributed by atoms with van der Waals surface area (Å²) in [7, 11) is 0. The Hall–Kier alpha value is -1.68. The maximum atomic E-state index is 13.1. The number of piperidine rings is 1. The maximum absolute atomic E-state index is 13.1. The van der Waals surface area contributed by atoms with Crippen LogP contribution in [0.3, 0.4) is 0 Å². The first-order valence-electron chi connectivity index (χ1n) is 8.64. The lowest BCUT2D eigenvalue weighted by Gasteiger charge is -2.53. The maximum Gasteiger partial charge on any atom is 0.248 e. The van der Waals surface area contributed by atoms with Gasteiger partial charge in [0, 0.05) is 17.7 Å². The monoisotopic (exact) mass is 312 g/mol. The van der Waals surface area contributed by atoms with E-state index in [1.807, 2.05) is 12.1 Å². The summed E-state index contributed by atoms with van der Waals surface area (Å²) >= 11 is 0. The van der Waals surface area contributed by atoms with Gasteiger partial charge in [0.2, 0.25) is 5.91 Å². The predicted molar refractivity (Wildman–Crippen MR) is 88.5 cm³/mol. The molecule has 1 aromatic carbocycles. The largest absolute Gasteiger partial charge is 0.366 e. The van der Waals surface area contributed by atoms with Crippen molar-refractivity contribution in [2.24, 2.45) is 17.6 Å². The average Bonchev–Trinajstić information content (AvgIpc) is 3.33. The molecule has 2 aliphatic carbocycles. The van der Waals surface area contributed by atoms with Crippen molar-refractivity contribution in [1.29, 1.82) is 0 Å². The number of ketones is 1. The van der Waals surface area contributed by atoms with Crippen LogP contribution in [-0.4, -0.2) is 35.7 Å². The molecule has 4 nitrogen and oxygen atoms in total. The van der Waals surface area contributed by atoms with Crippen molar-refractivity contribution in [3.05, 3.63) is 34.9 Å². The first-order chi connectivity index (χ1) is 10.9. The van der Waals surface area contributed by atoms with Gasteiger partial charge < -0.3 is 5.73 Å². The van der Waals surface area contributed by atoms with Gasteiger partial charge in [-0.1, -0.05) is 19.9 Å². The third kappa shape index (κ3) is 2.15. The summed E-state index contributed by atoms with van der Waals surface area (Å²) in [4.78, 5) is 27.1. The van der Waals surface area contributed by atoms with Gasteiger partial charge in [0.15, 0.2) is 5.78 Å². The highest BCUT2D eigenvalue weighted by atomic mass is 16.1. The minimum Gasteiger partial charge on any atom is -0.366 e. The average molecular weight is 312 g/mol. The molecule has 1 saturated heterocycles. The topological polar surface area (TPSA) is 63.4 Å². The smallest absolute Gasteiger partial charge is 0.248 e. The molecule has 1 amide bonds. The van der Waals surface area contributed by atoms with Crippen molar-refractivity contribution in [2.75, 3.05) is 13.1 Å². The number of hydrogen-bond donors (Lipinski definition) is 1. The van der Waals surface area contributed by atoms with Crippen LogP contribution in [-0.2, 0) is 5.41 Å². The molecule has 2 fully saturated rings. The van der Waals surface area contributed by atoms with Crippen molar-refractivity contribution < 1.29 is 9.59 Å². The van der Waals surface area contributed by atoms with E-state index in [1.165, 1.54) is 12.8 Å². The fraction of sp³-hybridized carbons (Fsp3) is 0.579. The van der Waals surface area contributed by atoms with E-state index in [-0.39, 0.29) is 23.2 Å². The van der Waals surface area contributed by atoms with E-state index in [0.29, 0.717) is 5.56 Å². The quantitative estimate of drug-likeness (QED) is 0.932. The van der Waals surface area contributed by atoms with Gasteiger partial charge in [0.1, 0.15) is 0 Å². The van der Waals surface area contributed by atoms with E-state index in [2.05, 4.69) is 18.7 Å². The van der Waals surface area contributed by atoms with Gasteiger partial charge in [-0.25, -0.2) is 0 Å². The van der Waals surface area contributed by atoms with Gasteiger partial charge in [-0.15, -0.1) is 0 Å². The van der Waals surface area contributed by atoms with E-state index in [4.69, 9.17) is 5.73 Å². The molecule has 4 heteroatoms. The highest BCUT2D eigenvalue weighted by Crippen LogP contribution is 2.49. The van der Waals surface area contributed by atoms with E-state index in [0.717, 1.165) is 36.6 Å². The Morgan fingerprint density at radius 3 is 2.78 bits per heavy atom. The van der Waals surface area contributed by atoms with Crippen LogP contribution >= 0.6 is 0 Å². The lowest BCUT2D eigenvalue weighted by atomic mass is 9.58. The van der Waals surface area contributed by atoms with Gasteiger partial charge in [0.05, 0.1) is 6.04 Å². The van der Waals surface area contributed by atoms with Crippen LogP contribution in [0.15, 0.2) is 18.2 Å². The summed E-state index contributed by atoms with van der Waals surface area (Å²) in [5.41, 5.74) is 7.70. The number of carbonyl (C=O) groups is 2. The molecule has 3 aliphatic rings. The first kappa shape index (κ1) is 14.9. The highest BCUT2D eigenvalue weighted by Gasteiger charge is 2.52. The molecule has 2 bridgehead atoms. The van der Waals surface area contributed by atoms with Crippen molar-refractivity contribution in [3.63, 3.8) is 0 Å². The number of carbonyl (C=O) groups excluding carboxylic acids is 2. The summed E-state index contributed by atoms with van der Waals surface area (Å²) < 4.78 is 0. The molecule has 2 N–H and O–H groups in total. The molecule has 122 valence electrons. The Bertz CT molecular complexity index is 695. The number of hydrogen-bond acceptors (Lipinski definition) is 3. The van der Waals surface area contributed by atoms with Crippen LogP contribution in [0.4, 0.5) is 0 Å². The number of nitrogens with two attached hydrogens (primary N) is 1. The minimum absolute atomic E-state index is 0.0127. The van der Waals surface area contributed by atoms with Gasteiger partial charge in [-0.2, -0.15) is 0 Å². The van der Waals surface area contributed by atoms with Crippen molar-refractivity contribution in [3.8, 4) is 0 Å². The summed E-state index contributed by atoms with van der Waals surface area (Å²) in [6.07, 6.45) is 3.64. The van der Waals surface area contributed by atoms with Crippen molar-refractivity contribution in [2.45, 2.75) is 44.6 Å². The van der Waals surface area contributed by atoms with Gasteiger partial charge in [0.25, 0.3) is 0 Å². The Kier molecular flexibility index (Phi) is 3.17. The van der Waals surface area contributed by atoms with Gasteiger partial charge >= 0.3 is 0 Å². The molecule has 1 heterocycles. The van der Waals surface area contributed by atoms with Crippen LogP contribution in [0.25, 0.3) is 0 Å². The molecule has 1 aromatic rings. The van der Waals surface area contributed by atoms with E-state index >= 15 is 0 Å². The van der Waals surface area contributed by atoms with Crippen LogP contribution < -0.4 is 5.73 Å². The predicted octanol–water partition coefficient (Wildman–Crippen LogP) is 2.36. The summed E-state index contributed by atoms with van der Waals surface area (Å²) in [5.74, 6) is 0.849. The first-order valence-corrected chi connectivity index (χ1v) is 8.64. The standard InChI is InChI=1S/C19H24N2O2/c1-11-16-17(22)14-6-5-13(18(20)23)9-15(14)19(11,2)7-8-21(16)10-12-3-4-12/h5-6,9,11-12,16H,3-4,7-8,10H2,1-2H3,(H2,20,23)/t11-,16-,19+/m0/s1. The second-order valence-electron chi connectivity index (χ2n) is 7.83. The van der Waals surface area contributed by atoms with Crippen LogP contribution in [0.5, 0.6) is 0 Å². The minimum atomic E-state index is -0.426. The fourth-order valence-electron chi connectivity index (χ4n) is 4.56. The van der Waals surface area contributed by atoms with E-state index in [9.17, 15) is 9.59 Å². The van der Waals surface area contributed by atoms with Crippen molar-refractivity contribution in [1.82, 2.24) is 4.90 Å². The summed E-state index contributed by atoms with van der Waals surface area (Å²) in [6.45, 7) is 6.47. The van der Waals surface area contributed by atoms with Crippen LogP contribution in [0, 0.1) is 11.8 Å². The second kappa shape index (κ2) is 4.91. The molecule has 3 atom stereocenters.